The predicted molar refractivity (Wildman–Crippen MR) is 107 cm³/mol. The highest BCUT2D eigenvalue weighted by Crippen LogP contribution is 2.33. The van der Waals surface area contributed by atoms with E-state index in [9.17, 15) is 27.9 Å². The molecule has 0 spiro atoms. The molecule has 0 radical (unpaired) electrons. The van der Waals surface area contributed by atoms with Crippen LogP contribution in [0.5, 0.6) is 5.75 Å². The van der Waals surface area contributed by atoms with Crippen LogP contribution in [0, 0.1) is 0 Å². The maximum atomic E-state index is 14.0. The minimum absolute atomic E-state index is 0.0273. The normalized spacial score (nSPS) is 23.2. The van der Waals surface area contributed by atoms with Crippen molar-refractivity contribution in [3.63, 3.8) is 0 Å². The Morgan fingerprint density at radius 3 is 2.91 bits per heavy atom. The molecule has 1 N–H and O–H groups in total. The molecule has 0 bridgehead atoms. The Labute approximate surface area is 183 Å². The molecule has 1 fully saturated rings. The second-order valence-electron chi connectivity index (χ2n) is 7.73. The highest BCUT2D eigenvalue weighted by Gasteiger charge is 2.38. The Morgan fingerprint density at radius 2 is 2.09 bits per heavy atom. The Morgan fingerprint density at radius 1 is 1.28 bits per heavy atom. The van der Waals surface area contributed by atoms with Crippen LogP contribution >= 0.6 is 11.3 Å². The van der Waals surface area contributed by atoms with Crippen LogP contribution in [0.15, 0.2) is 34.3 Å². The van der Waals surface area contributed by atoms with Crippen LogP contribution in [-0.2, 0) is 17.7 Å². The van der Waals surface area contributed by atoms with Crippen molar-refractivity contribution in [1.29, 1.82) is 0 Å². The van der Waals surface area contributed by atoms with Gasteiger partial charge in [-0.3, -0.25) is 9.59 Å². The topological polar surface area (TPSA) is 97.5 Å². The van der Waals surface area contributed by atoms with Crippen molar-refractivity contribution in [3.05, 3.63) is 50.4 Å². The summed E-state index contributed by atoms with van der Waals surface area (Å²) in [5.74, 6) is -3.18. The number of pyridine rings is 1. The van der Waals surface area contributed by atoms with Crippen molar-refractivity contribution < 1.29 is 27.8 Å². The predicted octanol–water partition coefficient (Wildman–Crippen LogP) is 2.64. The van der Waals surface area contributed by atoms with Gasteiger partial charge >= 0.3 is 0 Å². The van der Waals surface area contributed by atoms with Gasteiger partial charge < -0.3 is 19.3 Å². The van der Waals surface area contributed by atoms with E-state index in [1.807, 2.05) is 0 Å². The molecule has 4 heterocycles. The number of ether oxygens (including phenoxy) is 1. The van der Waals surface area contributed by atoms with Crippen molar-refractivity contribution in [1.82, 2.24) is 19.7 Å². The van der Waals surface area contributed by atoms with Gasteiger partial charge in [-0.1, -0.05) is 11.3 Å². The number of rotatable bonds is 3. The van der Waals surface area contributed by atoms with Crippen molar-refractivity contribution in [2.45, 2.75) is 38.2 Å². The molecule has 5 rings (SSSR count). The zero-order chi connectivity index (χ0) is 22.6. The first-order valence-corrected chi connectivity index (χ1v) is 10.8. The van der Waals surface area contributed by atoms with Crippen molar-refractivity contribution >= 4 is 17.2 Å². The standard InChI is InChI=1S/C20H17F3N4O4S/c21-11-6-13(23)12(22)4-9(11)5-14-24-25-19(32-14)10-7-26-8-15-27(2-1-3-31-15)20(30)16(26)18(29)17(10)28/h6-7,12,15,29H,1-5,8H2. The number of hydrogen-bond acceptors (Lipinski definition) is 7. The summed E-state index contributed by atoms with van der Waals surface area (Å²) in [5.41, 5.74) is -0.811. The zero-order valence-corrected chi connectivity index (χ0v) is 17.4. The first-order valence-electron chi connectivity index (χ1n) is 9.94. The van der Waals surface area contributed by atoms with Gasteiger partial charge in [0.25, 0.3) is 5.91 Å². The fourth-order valence-electron chi connectivity index (χ4n) is 4.04. The SMILES string of the molecule is O=C1c2c(O)c(=O)c(-c3nnc(CC4=C(F)C=C(F)C(F)C4)s3)cn2CC2OCCCN12. The quantitative estimate of drug-likeness (QED) is 0.747. The Balaban J connectivity index is 1.48. The number of hydrogen-bond donors (Lipinski definition) is 1. The molecule has 2 aliphatic heterocycles. The second-order valence-corrected chi connectivity index (χ2v) is 8.79. The van der Waals surface area contributed by atoms with Crippen molar-refractivity contribution in [2.75, 3.05) is 13.2 Å². The van der Waals surface area contributed by atoms with Crippen LogP contribution in [0.3, 0.4) is 0 Å². The van der Waals surface area contributed by atoms with Crippen molar-refractivity contribution in [3.8, 4) is 16.3 Å². The largest absolute Gasteiger partial charge is 0.503 e. The Kier molecular flexibility index (Phi) is 5.13. The van der Waals surface area contributed by atoms with Crippen LogP contribution in [0.4, 0.5) is 13.2 Å². The smallest absolute Gasteiger partial charge is 0.276 e. The van der Waals surface area contributed by atoms with Crippen molar-refractivity contribution in [2.24, 2.45) is 0 Å². The maximum absolute atomic E-state index is 14.0. The van der Waals surface area contributed by atoms with E-state index in [-0.39, 0.29) is 34.8 Å². The molecular weight excluding hydrogens is 449 g/mol. The third-order valence-electron chi connectivity index (χ3n) is 5.66. The number of carbonyl (C=O) groups excluding carboxylic acids is 1. The second kappa shape index (κ2) is 7.85. The lowest BCUT2D eigenvalue weighted by molar-refractivity contribution is -0.0919. The fourth-order valence-corrected chi connectivity index (χ4v) is 4.93. The van der Waals surface area contributed by atoms with Crippen LogP contribution < -0.4 is 5.43 Å². The average Bonchev–Trinajstić information content (AvgIpc) is 3.23. The third-order valence-corrected chi connectivity index (χ3v) is 6.62. The van der Waals surface area contributed by atoms with Crippen LogP contribution in [-0.4, -0.2) is 56.2 Å². The van der Waals surface area contributed by atoms with Gasteiger partial charge in [0.1, 0.15) is 16.7 Å². The van der Waals surface area contributed by atoms with E-state index in [1.54, 1.807) is 0 Å². The number of allylic oxidation sites excluding steroid dienone is 4. The lowest BCUT2D eigenvalue weighted by atomic mass is 9.99. The first-order chi connectivity index (χ1) is 15.3. The summed E-state index contributed by atoms with van der Waals surface area (Å²) in [6.45, 7) is 1.22. The molecule has 168 valence electrons. The lowest BCUT2D eigenvalue weighted by Gasteiger charge is -2.40. The lowest BCUT2D eigenvalue weighted by Crippen LogP contribution is -2.53. The van der Waals surface area contributed by atoms with Gasteiger partial charge in [0, 0.05) is 31.7 Å². The number of fused-ring (bicyclic) bond motifs is 2. The molecule has 2 unspecified atom stereocenters. The molecule has 32 heavy (non-hydrogen) atoms. The summed E-state index contributed by atoms with van der Waals surface area (Å²) in [6.07, 6.45) is -0.301. The van der Waals surface area contributed by atoms with Crippen LogP contribution in [0.2, 0.25) is 0 Å². The van der Waals surface area contributed by atoms with E-state index in [1.165, 1.54) is 15.7 Å². The van der Waals surface area contributed by atoms with E-state index >= 15 is 0 Å². The zero-order valence-electron chi connectivity index (χ0n) is 16.6. The van der Waals surface area contributed by atoms with Gasteiger partial charge in [-0.05, 0) is 12.0 Å². The molecule has 1 saturated heterocycles. The molecule has 1 aliphatic carbocycles. The Hall–Kier alpha value is -2.99. The number of nitrogens with zero attached hydrogens (tertiary/aromatic N) is 4. The minimum Gasteiger partial charge on any atom is -0.503 e. The van der Waals surface area contributed by atoms with E-state index in [0.29, 0.717) is 30.7 Å². The van der Waals surface area contributed by atoms with E-state index in [2.05, 4.69) is 10.2 Å². The molecular formula is C20H17F3N4O4S. The molecule has 3 aliphatic rings. The summed E-state index contributed by atoms with van der Waals surface area (Å²) in [7, 11) is 0. The van der Waals surface area contributed by atoms with Gasteiger partial charge in [-0.15, -0.1) is 10.2 Å². The number of aromatic nitrogens is 3. The molecule has 2 aromatic rings. The number of alkyl halides is 1. The van der Waals surface area contributed by atoms with Crippen LogP contribution in [0.25, 0.3) is 10.6 Å². The molecule has 0 aromatic carbocycles. The first kappa shape index (κ1) is 20.9. The molecule has 2 atom stereocenters. The third kappa shape index (κ3) is 3.43. The van der Waals surface area contributed by atoms with Gasteiger partial charge in [0.15, 0.2) is 28.9 Å². The summed E-state index contributed by atoms with van der Waals surface area (Å²) < 4.78 is 47.9. The highest BCUT2D eigenvalue weighted by molar-refractivity contribution is 7.14. The molecule has 12 heteroatoms. The average molecular weight is 466 g/mol. The molecule has 1 amide bonds. The molecule has 0 saturated carbocycles. The fraction of sp³-hybridized carbons (Fsp3) is 0.400. The van der Waals surface area contributed by atoms with Gasteiger partial charge in [-0.25, -0.2) is 13.2 Å². The van der Waals surface area contributed by atoms with E-state index in [4.69, 9.17) is 4.74 Å². The highest BCUT2D eigenvalue weighted by atomic mass is 32.1. The van der Waals surface area contributed by atoms with Gasteiger partial charge in [0.2, 0.25) is 5.43 Å². The summed E-state index contributed by atoms with van der Waals surface area (Å²) >= 11 is 0.970. The summed E-state index contributed by atoms with van der Waals surface area (Å²) in [6, 6.07) is 0. The van der Waals surface area contributed by atoms with E-state index < -0.39 is 47.6 Å². The number of aromatic hydroxyl groups is 1. The van der Waals surface area contributed by atoms with Gasteiger partial charge in [0.05, 0.1) is 18.7 Å². The monoisotopic (exact) mass is 466 g/mol. The number of amides is 1. The summed E-state index contributed by atoms with van der Waals surface area (Å²) in [4.78, 5) is 27.0. The van der Waals surface area contributed by atoms with Crippen LogP contribution in [0.1, 0.15) is 28.3 Å². The maximum Gasteiger partial charge on any atom is 0.276 e. The Bertz CT molecular complexity index is 1240. The number of carbonyl (C=O) groups is 1. The number of halogens is 3. The minimum atomic E-state index is -1.90. The molecule has 2 aromatic heterocycles. The van der Waals surface area contributed by atoms with E-state index in [0.717, 1.165) is 11.3 Å². The van der Waals surface area contributed by atoms with Gasteiger partial charge in [-0.2, -0.15) is 0 Å². The molecule has 8 nitrogen and oxygen atoms in total. The summed E-state index contributed by atoms with van der Waals surface area (Å²) in [5, 5.41) is 18.8.